The Labute approximate surface area is 98.1 Å². The number of benzene rings is 1. The molecule has 0 heterocycles. The lowest BCUT2D eigenvalue weighted by molar-refractivity contribution is 0.600. The first-order valence-electron chi connectivity index (χ1n) is 4.77. The normalized spacial score (nSPS) is 16.4. The van der Waals surface area contributed by atoms with Crippen LogP contribution >= 0.6 is 15.9 Å². The van der Waals surface area contributed by atoms with Crippen molar-refractivity contribution in [1.29, 1.82) is 0 Å². The molecule has 0 radical (unpaired) electrons. The molecule has 3 nitrogen and oxygen atoms in total. The Morgan fingerprint density at radius 2 is 2.07 bits per heavy atom. The van der Waals surface area contributed by atoms with E-state index in [4.69, 9.17) is 0 Å². The van der Waals surface area contributed by atoms with Crippen LogP contribution in [0.5, 0.6) is 0 Å². The van der Waals surface area contributed by atoms with Crippen LogP contribution in [0.2, 0.25) is 0 Å². The second-order valence-corrected chi connectivity index (χ2v) is 6.57. The summed E-state index contributed by atoms with van der Waals surface area (Å²) in [7, 11) is -3.15. The molecule has 0 unspecified atom stereocenters. The molecule has 1 aliphatic carbocycles. The van der Waals surface area contributed by atoms with Crippen molar-refractivity contribution in [2.45, 2.75) is 25.0 Å². The van der Waals surface area contributed by atoms with Gasteiger partial charge in [0.2, 0.25) is 10.0 Å². The van der Waals surface area contributed by atoms with E-state index in [1.807, 2.05) is 19.1 Å². The molecule has 5 heteroatoms. The molecule has 1 aliphatic rings. The Hall–Kier alpha value is -0.550. The molecule has 0 amide bonds. The van der Waals surface area contributed by atoms with Crippen molar-refractivity contribution in [3.8, 4) is 0 Å². The lowest BCUT2D eigenvalue weighted by Gasteiger charge is -2.10. The van der Waals surface area contributed by atoms with Crippen LogP contribution in [0.25, 0.3) is 0 Å². The zero-order valence-corrected chi connectivity index (χ0v) is 10.7. The molecular weight excluding hydrogens is 278 g/mol. The van der Waals surface area contributed by atoms with Crippen LogP contribution in [0.4, 0.5) is 5.69 Å². The summed E-state index contributed by atoms with van der Waals surface area (Å²) in [5.41, 5.74) is 1.58. The van der Waals surface area contributed by atoms with Gasteiger partial charge in [-0.15, -0.1) is 0 Å². The van der Waals surface area contributed by atoms with Crippen LogP contribution in [-0.4, -0.2) is 13.7 Å². The number of anilines is 1. The maximum Gasteiger partial charge on any atom is 0.235 e. The summed E-state index contributed by atoms with van der Waals surface area (Å²) >= 11 is 3.37. The van der Waals surface area contributed by atoms with E-state index < -0.39 is 10.0 Å². The average molecular weight is 290 g/mol. The van der Waals surface area contributed by atoms with Crippen LogP contribution in [0.15, 0.2) is 22.7 Å². The van der Waals surface area contributed by atoms with E-state index in [2.05, 4.69) is 20.7 Å². The first-order valence-corrected chi connectivity index (χ1v) is 7.11. The molecule has 0 spiro atoms. The highest BCUT2D eigenvalue weighted by molar-refractivity contribution is 9.10. The van der Waals surface area contributed by atoms with Crippen molar-refractivity contribution in [3.63, 3.8) is 0 Å². The summed E-state index contributed by atoms with van der Waals surface area (Å²) in [4.78, 5) is 0. The van der Waals surface area contributed by atoms with Gasteiger partial charge in [0.25, 0.3) is 0 Å². The highest BCUT2D eigenvalue weighted by atomic mass is 79.9. The zero-order chi connectivity index (χ0) is 11.1. The van der Waals surface area contributed by atoms with Gasteiger partial charge < -0.3 is 0 Å². The fourth-order valence-electron chi connectivity index (χ4n) is 1.33. The van der Waals surface area contributed by atoms with Gasteiger partial charge in [0.1, 0.15) is 0 Å². The summed E-state index contributed by atoms with van der Waals surface area (Å²) < 4.78 is 26.9. The van der Waals surface area contributed by atoms with E-state index in [0.29, 0.717) is 5.69 Å². The van der Waals surface area contributed by atoms with Crippen molar-refractivity contribution in [3.05, 3.63) is 28.2 Å². The van der Waals surface area contributed by atoms with Crippen LogP contribution in [-0.2, 0) is 10.0 Å². The molecule has 82 valence electrons. The monoisotopic (exact) mass is 289 g/mol. The molecule has 1 saturated carbocycles. The molecule has 0 aliphatic heterocycles. The van der Waals surface area contributed by atoms with Crippen molar-refractivity contribution in [1.82, 2.24) is 0 Å². The van der Waals surface area contributed by atoms with Crippen molar-refractivity contribution < 1.29 is 8.42 Å². The molecule has 2 rings (SSSR count). The Morgan fingerprint density at radius 3 is 2.67 bits per heavy atom. The van der Waals surface area contributed by atoms with Gasteiger partial charge in [-0.3, -0.25) is 4.72 Å². The molecule has 1 aromatic rings. The molecule has 1 fully saturated rings. The number of sulfonamides is 1. The third-order valence-electron chi connectivity index (χ3n) is 2.48. The first-order chi connectivity index (χ1) is 7.00. The summed E-state index contributed by atoms with van der Waals surface area (Å²) in [6.45, 7) is 1.88. The van der Waals surface area contributed by atoms with Crippen LogP contribution in [0.3, 0.4) is 0 Å². The van der Waals surface area contributed by atoms with Gasteiger partial charge in [-0.1, -0.05) is 22.0 Å². The third kappa shape index (κ3) is 2.34. The smallest absolute Gasteiger partial charge is 0.235 e. The van der Waals surface area contributed by atoms with E-state index in [0.717, 1.165) is 22.9 Å². The first kappa shape index (κ1) is 11.0. The van der Waals surface area contributed by atoms with E-state index in [1.54, 1.807) is 6.07 Å². The molecule has 1 aromatic carbocycles. The molecule has 15 heavy (non-hydrogen) atoms. The van der Waals surface area contributed by atoms with Crippen LogP contribution in [0, 0.1) is 6.92 Å². The number of halogens is 1. The number of hydrogen-bond donors (Lipinski definition) is 1. The maximum atomic E-state index is 11.7. The molecule has 0 saturated heterocycles. The van der Waals surface area contributed by atoms with Gasteiger partial charge >= 0.3 is 0 Å². The summed E-state index contributed by atoms with van der Waals surface area (Å²) in [5.74, 6) is 0. The minimum absolute atomic E-state index is 0.184. The Morgan fingerprint density at radius 1 is 1.40 bits per heavy atom. The van der Waals surface area contributed by atoms with Gasteiger partial charge in [-0.25, -0.2) is 8.42 Å². The molecule has 1 N–H and O–H groups in total. The van der Waals surface area contributed by atoms with Gasteiger partial charge in [0.15, 0.2) is 0 Å². The van der Waals surface area contributed by atoms with E-state index in [9.17, 15) is 8.42 Å². The summed E-state index contributed by atoms with van der Waals surface area (Å²) in [5, 5.41) is -0.184. The van der Waals surface area contributed by atoms with E-state index >= 15 is 0 Å². The SMILES string of the molecule is Cc1c(Br)cccc1NS(=O)(=O)C1CC1. The third-order valence-corrected chi connectivity index (χ3v) is 5.20. The second-order valence-electron chi connectivity index (χ2n) is 3.76. The summed E-state index contributed by atoms with van der Waals surface area (Å²) in [6, 6.07) is 5.49. The number of hydrogen-bond acceptors (Lipinski definition) is 2. The van der Waals surface area contributed by atoms with Gasteiger partial charge in [0.05, 0.1) is 10.9 Å². The lowest BCUT2D eigenvalue weighted by atomic mass is 10.2. The zero-order valence-electron chi connectivity index (χ0n) is 8.33. The standard InChI is InChI=1S/C10H12BrNO2S/c1-7-9(11)3-2-4-10(7)12-15(13,14)8-5-6-8/h2-4,8,12H,5-6H2,1H3. The van der Waals surface area contributed by atoms with Crippen molar-refractivity contribution in [2.24, 2.45) is 0 Å². The molecule has 0 bridgehead atoms. The largest absolute Gasteiger partial charge is 0.283 e. The average Bonchev–Trinajstić information content (AvgIpc) is 2.95. The van der Waals surface area contributed by atoms with Gasteiger partial charge in [-0.05, 0) is 37.5 Å². The van der Waals surface area contributed by atoms with E-state index in [1.165, 1.54) is 0 Å². The minimum Gasteiger partial charge on any atom is -0.283 e. The summed E-state index contributed by atoms with van der Waals surface area (Å²) in [6.07, 6.45) is 1.56. The Bertz CT molecular complexity index is 480. The topological polar surface area (TPSA) is 46.2 Å². The molecular formula is C10H12BrNO2S. The highest BCUT2D eigenvalue weighted by Crippen LogP contribution is 2.31. The van der Waals surface area contributed by atoms with Gasteiger partial charge in [0, 0.05) is 4.47 Å². The Balaban J connectivity index is 2.28. The fourth-order valence-corrected chi connectivity index (χ4v) is 3.15. The number of rotatable bonds is 3. The predicted octanol–water partition coefficient (Wildman–Crippen LogP) is 2.66. The van der Waals surface area contributed by atoms with Crippen LogP contribution < -0.4 is 4.72 Å². The highest BCUT2D eigenvalue weighted by Gasteiger charge is 2.35. The van der Waals surface area contributed by atoms with Crippen molar-refractivity contribution in [2.75, 3.05) is 4.72 Å². The van der Waals surface area contributed by atoms with Crippen LogP contribution in [0.1, 0.15) is 18.4 Å². The number of nitrogens with one attached hydrogen (secondary N) is 1. The molecule has 0 atom stereocenters. The quantitative estimate of drug-likeness (QED) is 0.930. The molecule has 0 aromatic heterocycles. The Kier molecular flexibility index (Phi) is 2.77. The fraction of sp³-hybridized carbons (Fsp3) is 0.400. The maximum absolute atomic E-state index is 11.7. The lowest BCUT2D eigenvalue weighted by Crippen LogP contribution is -2.17. The van der Waals surface area contributed by atoms with Gasteiger partial charge in [-0.2, -0.15) is 0 Å². The predicted molar refractivity (Wildman–Crippen MR) is 64.4 cm³/mol. The second kappa shape index (κ2) is 3.79. The minimum atomic E-state index is -3.15. The van der Waals surface area contributed by atoms with Crippen molar-refractivity contribution >= 4 is 31.6 Å². The van der Waals surface area contributed by atoms with E-state index in [-0.39, 0.29) is 5.25 Å².